The quantitative estimate of drug-likeness (QED) is 0.881. The number of aromatic nitrogens is 1. The van der Waals surface area contributed by atoms with Gasteiger partial charge in [0.05, 0.1) is 5.60 Å². The number of nitrogens with one attached hydrogen (secondary N) is 1. The van der Waals surface area contributed by atoms with Crippen LogP contribution < -0.4 is 5.32 Å². The summed E-state index contributed by atoms with van der Waals surface area (Å²) in [7, 11) is 0. The number of hydrogen-bond acceptors (Lipinski definition) is 3. The standard InChI is InChI=1S/C19H20FN3O2/c20-14-4-1-5-15(9-14)22-18(24)23-16-6-7-17(23)11-19(25,10-16)13-3-2-8-21-12-13/h1-5,8-9,12,16-17,25H,6-7,10-11H2,(H,22,24)/t16-,17+,19?. The lowest BCUT2D eigenvalue weighted by Gasteiger charge is -2.43. The first-order valence-corrected chi connectivity index (χ1v) is 8.53. The van der Waals surface area contributed by atoms with Gasteiger partial charge in [-0.3, -0.25) is 4.98 Å². The molecular weight excluding hydrogens is 321 g/mol. The molecule has 0 saturated carbocycles. The van der Waals surface area contributed by atoms with Gasteiger partial charge in [-0.05, 0) is 37.1 Å². The molecule has 6 heteroatoms. The number of aliphatic hydroxyl groups is 1. The Labute approximate surface area is 145 Å². The fraction of sp³-hybridized carbons (Fsp3) is 0.368. The molecular formula is C19H20FN3O2. The lowest BCUT2D eigenvalue weighted by Crippen LogP contribution is -2.53. The van der Waals surface area contributed by atoms with Gasteiger partial charge in [0.2, 0.25) is 0 Å². The topological polar surface area (TPSA) is 65.5 Å². The zero-order chi connectivity index (χ0) is 17.4. The summed E-state index contributed by atoms with van der Waals surface area (Å²) in [5.74, 6) is -0.384. The zero-order valence-electron chi connectivity index (χ0n) is 13.7. The second kappa shape index (κ2) is 6.11. The van der Waals surface area contributed by atoms with Crippen molar-refractivity contribution in [2.24, 2.45) is 0 Å². The third kappa shape index (κ3) is 2.98. The van der Waals surface area contributed by atoms with Crippen LogP contribution in [0, 0.1) is 5.82 Å². The monoisotopic (exact) mass is 341 g/mol. The molecule has 2 bridgehead atoms. The Balaban J connectivity index is 1.52. The molecule has 1 aromatic heterocycles. The summed E-state index contributed by atoms with van der Waals surface area (Å²) in [6, 6.07) is 9.29. The molecule has 2 aliphatic rings. The summed E-state index contributed by atoms with van der Waals surface area (Å²) in [6.45, 7) is 0. The van der Waals surface area contributed by atoms with Crippen LogP contribution in [-0.2, 0) is 5.60 Å². The van der Waals surface area contributed by atoms with Gasteiger partial charge in [0.1, 0.15) is 5.82 Å². The number of nitrogens with zero attached hydrogens (tertiary/aromatic N) is 2. The van der Waals surface area contributed by atoms with Gasteiger partial charge in [0.25, 0.3) is 0 Å². The van der Waals surface area contributed by atoms with Gasteiger partial charge in [-0.1, -0.05) is 12.1 Å². The highest BCUT2D eigenvalue weighted by molar-refractivity contribution is 5.90. The molecule has 2 fully saturated rings. The smallest absolute Gasteiger partial charge is 0.322 e. The number of anilines is 1. The highest BCUT2D eigenvalue weighted by atomic mass is 19.1. The van der Waals surface area contributed by atoms with Gasteiger partial charge < -0.3 is 15.3 Å². The number of halogens is 1. The van der Waals surface area contributed by atoms with E-state index in [0.29, 0.717) is 18.5 Å². The van der Waals surface area contributed by atoms with Crippen LogP contribution in [0.4, 0.5) is 14.9 Å². The van der Waals surface area contributed by atoms with E-state index in [9.17, 15) is 14.3 Å². The maximum Gasteiger partial charge on any atom is 0.322 e. The van der Waals surface area contributed by atoms with E-state index in [-0.39, 0.29) is 23.9 Å². The molecule has 0 radical (unpaired) electrons. The Morgan fingerprint density at radius 2 is 2.00 bits per heavy atom. The second-order valence-electron chi connectivity index (χ2n) is 6.91. The van der Waals surface area contributed by atoms with Crippen LogP contribution in [0.15, 0.2) is 48.8 Å². The molecule has 5 nitrogen and oxygen atoms in total. The summed E-state index contributed by atoms with van der Waals surface area (Å²) in [5.41, 5.74) is 0.296. The average Bonchev–Trinajstić information content (AvgIpc) is 2.88. The van der Waals surface area contributed by atoms with Gasteiger partial charge in [-0.2, -0.15) is 0 Å². The summed E-state index contributed by atoms with van der Waals surface area (Å²) >= 11 is 0. The van der Waals surface area contributed by atoms with Crippen molar-refractivity contribution in [3.8, 4) is 0 Å². The Morgan fingerprint density at radius 1 is 1.24 bits per heavy atom. The van der Waals surface area contributed by atoms with Crippen molar-refractivity contribution in [2.75, 3.05) is 5.32 Å². The van der Waals surface area contributed by atoms with Crippen molar-refractivity contribution in [1.29, 1.82) is 0 Å². The van der Waals surface area contributed by atoms with Crippen molar-refractivity contribution in [3.63, 3.8) is 0 Å². The van der Waals surface area contributed by atoms with Gasteiger partial charge in [-0.25, -0.2) is 9.18 Å². The van der Waals surface area contributed by atoms with Gasteiger partial charge >= 0.3 is 6.03 Å². The number of piperidine rings is 1. The Bertz CT molecular complexity index is 769. The first-order chi connectivity index (χ1) is 12.0. The van der Waals surface area contributed by atoms with E-state index in [0.717, 1.165) is 18.4 Å². The van der Waals surface area contributed by atoms with Crippen LogP contribution in [0.2, 0.25) is 0 Å². The first kappa shape index (κ1) is 16.0. The van der Waals surface area contributed by atoms with Crippen LogP contribution in [0.25, 0.3) is 0 Å². The van der Waals surface area contributed by atoms with E-state index in [1.807, 2.05) is 17.0 Å². The summed E-state index contributed by atoms with van der Waals surface area (Å²) < 4.78 is 13.3. The van der Waals surface area contributed by atoms with Crippen LogP contribution in [0.3, 0.4) is 0 Å². The van der Waals surface area contributed by atoms with Gasteiger partial charge in [-0.15, -0.1) is 0 Å². The van der Waals surface area contributed by atoms with E-state index >= 15 is 0 Å². The number of fused-ring (bicyclic) bond motifs is 2. The number of carbonyl (C=O) groups is 1. The van der Waals surface area contributed by atoms with Crippen molar-refractivity contribution < 1.29 is 14.3 Å². The van der Waals surface area contributed by atoms with Crippen molar-refractivity contribution in [1.82, 2.24) is 9.88 Å². The highest BCUT2D eigenvalue weighted by Crippen LogP contribution is 2.45. The van der Waals surface area contributed by atoms with E-state index in [1.165, 1.54) is 12.1 Å². The van der Waals surface area contributed by atoms with Crippen molar-refractivity contribution in [2.45, 2.75) is 43.4 Å². The van der Waals surface area contributed by atoms with Gasteiger partial charge in [0.15, 0.2) is 0 Å². The van der Waals surface area contributed by atoms with E-state index in [1.54, 1.807) is 24.5 Å². The van der Waals surface area contributed by atoms with E-state index < -0.39 is 5.60 Å². The summed E-state index contributed by atoms with van der Waals surface area (Å²) in [5, 5.41) is 13.9. The predicted molar refractivity (Wildman–Crippen MR) is 91.4 cm³/mol. The SMILES string of the molecule is O=C(Nc1cccc(F)c1)N1[C@@H]2CC[C@H]1CC(O)(c1cccnc1)C2. The molecule has 4 rings (SSSR count). The van der Waals surface area contributed by atoms with Crippen LogP contribution in [-0.4, -0.2) is 33.1 Å². The fourth-order valence-electron chi connectivity index (χ4n) is 4.18. The van der Waals surface area contributed by atoms with Crippen LogP contribution >= 0.6 is 0 Å². The fourth-order valence-corrected chi connectivity index (χ4v) is 4.18. The van der Waals surface area contributed by atoms with E-state index in [4.69, 9.17) is 0 Å². The molecule has 3 atom stereocenters. The number of hydrogen-bond donors (Lipinski definition) is 2. The molecule has 0 aliphatic carbocycles. The summed E-state index contributed by atoms with van der Waals surface area (Å²) in [4.78, 5) is 18.6. The summed E-state index contributed by atoms with van der Waals surface area (Å²) in [6.07, 6.45) is 6.09. The second-order valence-corrected chi connectivity index (χ2v) is 6.91. The first-order valence-electron chi connectivity index (χ1n) is 8.53. The largest absolute Gasteiger partial charge is 0.385 e. The number of rotatable bonds is 2. The molecule has 0 spiro atoms. The lowest BCUT2D eigenvalue weighted by atomic mass is 9.81. The maximum absolute atomic E-state index is 13.3. The molecule has 25 heavy (non-hydrogen) atoms. The van der Waals surface area contributed by atoms with Crippen molar-refractivity contribution >= 4 is 11.7 Å². The number of carbonyl (C=O) groups excluding carboxylic acids is 1. The third-order valence-electron chi connectivity index (χ3n) is 5.28. The number of benzene rings is 1. The molecule has 2 aliphatic heterocycles. The Morgan fingerprint density at radius 3 is 2.64 bits per heavy atom. The number of pyridine rings is 1. The molecule has 2 N–H and O–H groups in total. The zero-order valence-corrected chi connectivity index (χ0v) is 13.7. The molecule has 2 saturated heterocycles. The highest BCUT2D eigenvalue weighted by Gasteiger charge is 2.50. The molecule has 3 heterocycles. The van der Waals surface area contributed by atoms with Crippen LogP contribution in [0.5, 0.6) is 0 Å². The molecule has 2 amide bonds. The molecule has 2 aromatic rings. The lowest BCUT2D eigenvalue weighted by molar-refractivity contribution is -0.0424. The van der Waals surface area contributed by atoms with Crippen LogP contribution in [0.1, 0.15) is 31.2 Å². The number of amides is 2. The molecule has 1 aromatic carbocycles. The third-order valence-corrected chi connectivity index (χ3v) is 5.28. The van der Waals surface area contributed by atoms with Crippen molar-refractivity contribution in [3.05, 3.63) is 60.2 Å². The minimum Gasteiger partial charge on any atom is -0.385 e. The predicted octanol–water partition coefficient (Wildman–Crippen LogP) is 3.27. The van der Waals surface area contributed by atoms with E-state index in [2.05, 4.69) is 10.3 Å². The average molecular weight is 341 g/mol. The maximum atomic E-state index is 13.3. The van der Waals surface area contributed by atoms with Gasteiger partial charge in [0, 0.05) is 48.6 Å². The minimum absolute atomic E-state index is 0.0301. The Kier molecular flexibility index (Phi) is 3.92. The Hall–Kier alpha value is -2.47. The molecule has 1 unspecified atom stereocenters. The number of urea groups is 1. The minimum atomic E-state index is -0.949. The normalized spacial score (nSPS) is 28.0. The molecule has 130 valence electrons.